The van der Waals surface area contributed by atoms with Crippen molar-refractivity contribution in [2.45, 2.75) is 26.2 Å². The summed E-state index contributed by atoms with van der Waals surface area (Å²) in [5.41, 5.74) is 1.21. The Bertz CT molecular complexity index is 710. The largest absolute Gasteiger partial charge is 0.368 e. The first-order chi connectivity index (χ1) is 14.7. The predicted molar refractivity (Wildman–Crippen MR) is 120 cm³/mol. The fourth-order valence-corrected chi connectivity index (χ4v) is 3.85. The summed E-state index contributed by atoms with van der Waals surface area (Å²) in [6.07, 6.45) is 2.57. The number of carbonyl (C=O) groups is 2. The van der Waals surface area contributed by atoms with Gasteiger partial charge in [-0.1, -0.05) is 18.2 Å². The molecule has 0 spiro atoms. The van der Waals surface area contributed by atoms with E-state index < -0.39 is 0 Å². The van der Waals surface area contributed by atoms with E-state index in [4.69, 9.17) is 0 Å². The third-order valence-electron chi connectivity index (χ3n) is 5.56. The maximum absolute atomic E-state index is 12.6. The monoisotopic (exact) mass is 414 g/mol. The Morgan fingerprint density at radius 1 is 0.900 bits per heavy atom. The predicted octanol–water partition coefficient (Wildman–Crippen LogP) is 0.903. The highest BCUT2D eigenvalue weighted by Gasteiger charge is 2.21. The highest BCUT2D eigenvalue weighted by atomic mass is 16.2. The van der Waals surface area contributed by atoms with Crippen molar-refractivity contribution in [1.82, 2.24) is 20.4 Å². The first-order valence-electron chi connectivity index (χ1n) is 11.0. The van der Waals surface area contributed by atoms with Crippen molar-refractivity contribution in [3.05, 3.63) is 30.3 Å². The molecule has 0 aliphatic carbocycles. The average molecular weight is 415 g/mol. The van der Waals surface area contributed by atoms with Gasteiger partial charge < -0.3 is 25.3 Å². The molecule has 2 amide bonds. The molecule has 2 heterocycles. The van der Waals surface area contributed by atoms with E-state index in [-0.39, 0.29) is 18.4 Å². The third-order valence-corrected chi connectivity index (χ3v) is 5.56. The molecule has 0 atom stereocenters. The number of amides is 2. The molecule has 0 unspecified atom stereocenters. The number of likely N-dealkylation sites (tertiary alicyclic amines) is 1. The molecule has 2 saturated heterocycles. The molecule has 0 radical (unpaired) electrons. The van der Waals surface area contributed by atoms with Crippen LogP contribution < -0.4 is 15.5 Å². The fourth-order valence-electron chi connectivity index (χ4n) is 3.85. The van der Waals surface area contributed by atoms with E-state index in [0.29, 0.717) is 25.5 Å². The van der Waals surface area contributed by atoms with Crippen molar-refractivity contribution in [3.63, 3.8) is 0 Å². The second-order valence-corrected chi connectivity index (χ2v) is 7.66. The lowest BCUT2D eigenvalue weighted by Crippen LogP contribution is -2.49. The molecule has 0 saturated carbocycles. The number of hydrogen-bond donors (Lipinski definition) is 2. The van der Waals surface area contributed by atoms with Crippen LogP contribution in [0.5, 0.6) is 0 Å². The molecule has 0 aromatic heterocycles. The Balaban J connectivity index is 1.38. The number of anilines is 1. The highest BCUT2D eigenvalue weighted by molar-refractivity contribution is 5.85. The van der Waals surface area contributed by atoms with Crippen LogP contribution in [-0.4, -0.2) is 86.5 Å². The Kier molecular flexibility index (Phi) is 8.35. The van der Waals surface area contributed by atoms with Crippen molar-refractivity contribution in [2.24, 2.45) is 4.99 Å². The van der Waals surface area contributed by atoms with Gasteiger partial charge in [0.05, 0.1) is 0 Å². The van der Waals surface area contributed by atoms with Crippen molar-refractivity contribution in [2.75, 3.05) is 63.8 Å². The molecule has 2 fully saturated rings. The van der Waals surface area contributed by atoms with Crippen molar-refractivity contribution >= 4 is 23.5 Å². The lowest BCUT2D eigenvalue weighted by atomic mass is 10.2. The van der Waals surface area contributed by atoms with E-state index >= 15 is 0 Å². The number of carbonyl (C=O) groups excluding carboxylic acids is 2. The Hall–Kier alpha value is -2.77. The molecule has 2 aliphatic rings. The molecule has 2 N–H and O–H groups in total. The zero-order chi connectivity index (χ0) is 21.2. The van der Waals surface area contributed by atoms with Gasteiger partial charge in [-0.05, 0) is 31.9 Å². The summed E-state index contributed by atoms with van der Waals surface area (Å²) in [4.78, 5) is 35.2. The van der Waals surface area contributed by atoms with E-state index in [1.54, 1.807) is 0 Å². The maximum atomic E-state index is 12.6. The molecule has 30 heavy (non-hydrogen) atoms. The van der Waals surface area contributed by atoms with Crippen LogP contribution in [0.3, 0.4) is 0 Å². The summed E-state index contributed by atoms with van der Waals surface area (Å²) in [5.74, 6) is 0.808. The zero-order valence-corrected chi connectivity index (χ0v) is 18.0. The smallest absolute Gasteiger partial charge is 0.244 e. The van der Waals surface area contributed by atoms with E-state index in [9.17, 15) is 9.59 Å². The lowest BCUT2D eigenvalue weighted by molar-refractivity contribution is -0.131. The molecule has 8 nitrogen and oxygen atoms in total. The molecule has 0 bridgehead atoms. The molecular formula is C22H34N6O2. The van der Waals surface area contributed by atoms with Crippen LogP contribution in [0.25, 0.3) is 0 Å². The number of guanidine groups is 1. The van der Waals surface area contributed by atoms with Crippen LogP contribution in [0.1, 0.15) is 26.2 Å². The van der Waals surface area contributed by atoms with E-state index in [1.807, 2.05) is 34.9 Å². The first-order valence-corrected chi connectivity index (χ1v) is 11.0. The molecule has 2 aliphatic heterocycles. The molecule has 8 heteroatoms. The number of benzene rings is 1. The SMILES string of the molecule is CCNC(=NCC(=O)N1CCCC1)NCCC(=O)N1CCN(c2ccccc2)CC1. The number of hydrogen-bond acceptors (Lipinski definition) is 4. The summed E-state index contributed by atoms with van der Waals surface area (Å²) >= 11 is 0. The van der Waals surface area contributed by atoms with Gasteiger partial charge in [-0.15, -0.1) is 0 Å². The van der Waals surface area contributed by atoms with Crippen LogP contribution in [-0.2, 0) is 9.59 Å². The number of piperazine rings is 1. The molecular weight excluding hydrogens is 380 g/mol. The second kappa shape index (κ2) is 11.4. The third kappa shape index (κ3) is 6.37. The van der Waals surface area contributed by atoms with Crippen LogP contribution in [0.15, 0.2) is 35.3 Å². The molecule has 3 rings (SSSR count). The summed E-state index contributed by atoms with van der Waals surface area (Å²) in [5, 5.41) is 6.32. The van der Waals surface area contributed by atoms with Crippen LogP contribution in [0.2, 0.25) is 0 Å². The maximum Gasteiger partial charge on any atom is 0.244 e. The summed E-state index contributed by atoms with van der Waals surface area (Å²) in [6.45, 7) is 8.20. The average Bonchev–Trinajstić information content (AvgIpc) is 3.33. The number of nitrogens with one attached hydrogen (secondary N) is 2. The first kappa shape index (κ1) is 21.9. The van der Waals surface area contributed by atoms with Gasteiger partial charge in [0.15, 0.2) is 5.96 Å². The van der Waals surface area contributed by atoms with Crippen LogP contribution in [0.4, 0.5) is 5.69 Å². The van der Waals surface area contributed by atoms with Crippen LogP contribution >= 0.6 is 0 Å². The Morgan fingerprint density at radius 2 is 1.57 bits per heavy atom. The molecule has 1 aromatic rings. The number of aliphatic imine (C=N–C) groups is 1. The standard InChI is InChI=1S/C22H34N6O2/c1-2-23-22(25-18-21(30)27-12-6-7-13-27)24-11-10-20(29)28-16-14-26(15-17-28)19-8-4-3-5-9-19/h3-5,8-9H,2,6-7,10-18H2,1H3,(H2,23,24,25). The van der Waals surface area contributed by atoms with Crippen molar-refractivity contribution in [1.29, 1.82) is 0 Å². The van der Waals surface area contributed by atoms with Crippen molar-refractivity contribution < 1.29 is 9.59 Å². The van der Waals surface area contributed by atoms with Gasteiger partial charge in [-0.25, -0.2) is 4.99 Å². The van der Waals surface area contributed by atoms with Gasteiger partial charge in [0.1, 0.15) is 6.54 Å². The number of para-hydroxylation sites is 1. The fraction of sp³-hybridized carbons (Fsp3) is 0.591. The number of nitrogens with zero attached hydrogens (tertiary/aromatic N) is 4. The zero-order valence-electron chi connectivity index (χ0n) is 18.0. The van der Waals surface area contributed by atoms with Gasteiger partial charge in [-0.2, -0.15) is 0 Å². The lowest BCUT2D eigenvalue weighted by Gasteiger charge is -2.36. The topological polar surface area (TPSA) is 80.3 Å². The van der Waals surface area contributed by atoms with E-state index in [2.05, 4.69) is 32.7 Å². The van der Waals surface area contributed by atoms with Crippen LogP contribution in [0, 0.1) is 0 Å². The summed E-state index contributed by atoms with van der Waals surface area (Å²) in [7, 11) is 0. The minimum atomic E-state index is 0.0667. The Morgan fingerprint density at radius 3 is 2.23 bits per heavy atom. The highest BCUT2D eigenvalue weighted by Crippen LogP contribution is 2.15. The number of rotatable bonds is 7. The summed E-state index contributed by atoms with van der Waals surface area (Å²) < 4.78 is 0. The summed E-state index contributed by atoms with van der Waals surface area (Å²) in [6, 6.07) is 10.3. The van der Waals surface area contributed by atoms with Gasteiger partial charge in [0, 0.05) is 64.5 Å². The minimum absolute atomic E-state index is 0.0667. The van der Waals surface area contributed by atoms with E-state index in [0.717, 1.165) is 52.1 Å². The van der Waals surface area contributed by atoms with Gasteiger partial charge in [-0.3, -0.25) is 9.59 Å². The Labute approximate surface area is 179 Å². The molecule has 1 aromatic carbocycles. The quantitative estimate of drug-likeness (QED) is 0.512. The second-order valence-electron chi connectivity index (χ2n) is 7.66. The van der Waals surface area contributed by atoms with E-state index in [1.165, 1.54) is 5.69 Å². The minimum Gasteiger partial charge on any atom is -0.368 e. The van der Waals surface area contributed by atoms with Crippen molar-refractivity contribution in [3.8, 4) is 0 Å². The van der Waals surface area contributed by atoms with Gasteiger partial charge in [0.2, 0.25) is 11.8 Å². The normalized spacial score (nSPS) is 17.2. The van der Waals surface area contributed by atoms with Gasteiger partial charge >= 0.3 is 0 Å². The molecule has 164 valence electrons. The van der Waals surface area contributed by atoms with Gasteiger partial charge in [0.25, 0.3) is 0 Å².